The van der Waals surface area contributed by atoms with E-state index < -0.39 is 5.97 Å². The molecule has 0 aliphatic carbocycles. The third-order valence-electron chi connectivity index (χ3n) is 6.39. The van der Waals surface area contributed by atoms with Gasteiger partial charge < -0.3 is 18.9 Å². The van der Waals surface area contributed by atoms with Gasteiger partial charge in [-0.1, -0.05) is 45.1 Å². The molecule has 0 spiro atoms. The Hall–Kier alpha value is -4.13. The molecule has 7 heteroatoms. The first-order valence-electron chi connectivity index (χ1n) is 14.4. The third kappa shape index (κ3) is 11.5. The summed E-state index contributed by atoms with van der Waals surface area (Å²) in [6, 6.07) is 18.1. The number of rotatable bonds is 18. The molecule has 218 valence electrons. The monoisotopic (exact) mass is 559 g/mol. The quantitative estimate of drug-likeness (QED) is 0.0676. The lowest BCUT2D eigenvalue weighted by Crippen LogP contribution is -2.08. The summed E-state index contributed by atoms with van der Waals surface area (Å²) in [5.74, 6) is 1.21. The number of carbonyl (C=O) groups is 2. The van der Waals surface area contributed by atoms with Crippen molar-refractivity contribution in [3.63, 3.8) is 0 Å². The number of pyridine rings is 1. The number of hydrogen-bond donors (Lipinski definition) is 0. The normalized spacial score (nSPS) is 10.6. The van der Waals surface area contributed by atoms with Gasteiger partial charge in [-0.3, -0.25) is 4.98 Å². The second-order valence-corrected chi connectivity index (χ2v) is 9.84. The molecule has 1 aromatic heterocycles. The van der Waals surface area contributed by atoms with E-state index in [9.17, 15) is 9.59 Å². The first-order valence-corrected chi connectivity index (χ1v) is 14.4. The minimum absolute atomic E-state index is 0.303. The van der Waals surface area contributed by atoms with Gasteiger partial charge in [0.2, 0.25) is 0 Å². The average molecular weight is 560 g/mol. The van der Waals surface area contributed by atoms with E-state index in [1.807, 2.05) is 31.2 Å². The molecule has 0 atom stereocenters. The van der Waals surface area contributed by atoms with Gasteiger partial charge in [0, 0.05) is 11.1 Å². The van der Waals surface area contributed by atoms with Crippen LogP contribution in [0.15, 0.2) is 79.0 Å². The predicted octanol–water partition coefficient (Wildman–Crippen LogP) is 7.99. The van der Waals surface area contributed by atoms with Crippen LogP contribution in [0.25, 0.3) is 11.3 Å². The lowest BCUT2D eigenvalue weighted by atomic mass is 10.1. The summed E-state index contributed by atoms with van der Waals surface area (Å²) >= 11 is 0. The van der Waals surface area contributed by atoms with Crippen LogP contribution in [0.5, 0.6) is 17.2 Å². The van der Waals surface area contributed by atoms with Gasteiger partial charge in [0.25, 0.3) is 0 Å². The Morgan fingerprint density at radius 2 is 1.29 bits per heavy atom. The standard InChI is InChI=1S/C34H41NO6/c1-4-38-31-21-22-32(35-25-31)27-13-19-30(20-14-27)41-34(37)28-15-17-29(18-16-28)39-23-11-9-7-5-6-8-10-12-24-40-33(36)26(2)3/h13-22,25H,2,4-12,23-24H2,1,3H3. The second kappa shape index (κ2) is 17.5. The van der Waals surface area contributed by atoms with E-state index in [-0.39, 0.29) is 5.97 Å². The van der Waals surface area contributed by atoms with Crippen molar-refractivity contribution in [2.75, 3.05) is 19.8 Å². The van der Waals surface area contributed by atoms with Crippen LogP contribution < -0.4 is 14.2 Å². The Morgan fingerprint density at radius 3 is 1.88 bits per heavy atom. The van der Waals surface area contributed by atoms with E-state index in [0.717, 1.165) is 54.9 Å². The third-order valence-corrected chi connectivity index (χ3v) is 6.39. The molecule has 0 bridgehead atoms. The van der Waals surface area contributed by atoms with Crippen LogP contribution in [0.3, 0.4) is 0 Å². The molecule has 2 aromatic carbocycles. The summed E-state index contributed by atoms with van der Waals surface area (Å²) in [4.78, 5) is 28.3. The van der Waals surface area contributed by atoms with Crippen LogP contribution in [-0.2, 0) is 9.53 Å². The molecule has 7 nitrogen and oxygen atoms in total. The van der Waals surface area contributed by atoms with Crippen LogP contribution in [0, 0.1) is 0 Å². The van der Waals surface area contributed by atoms with Crippen LogP contribution in [0.1, 0.15) is 75.6 Å². The van der Waals surface area contributed by atoms with Gasteiger partial charge in [-0.05, 0) is 87.4 Å². The summed E-state index contributed by atoms with van der Waals surface area (Å²) < 4.78 is 21.9. The molecule has 0 unspecified atom stereocenters. The second-order valence-electron chi connectivity index (χ2n) is 9.84. The fourth-order valence-electron chi connectivity index (χ4n) is 4.09. The van der Waals surface area contributed by atoms with E-state index in [2.05, 4.69) is 11.6 Å². The maximum Gasteiger partial charge on any atom is 0.343 e. The number of benzene rings is 2. The average Bonchev–Trinajstić information content (AvgIpc) is 2.99. The number of ether oxygens (including phenoxy) is 4. The van der Waals surface area contributed by atoms with Crippen LogP contribution in [0.2, 0.25) is 0 Å². The predicted molar refractivity (Wildman–Crippen MR) is 160 cm³/mol. The van der Waals surface area contributed by atoms with E-state index in [4.69, 9.17) is 18.9 Å². The number of hydrogen-bond acceptors (Lipinski definition) is 7. The summed E-state index contributed by atoms with van der Waals surface area (Å²) in [5.41, 5.74) is 2.65. The molecule has 0 saturated heterocycles. The molecule has 0 N–H and O–H groups in total. The van der Waals surface area contributed by atoms with Crippen molar-refractivity contribution in [1.82, 2.24) is 4.98 Å². The largest absolute Gasteiger partial charge is 0.494 e. The molecule has 0 fully saturated rings. The summed E-state index contributed by atoms with van der Waals surface area (Å²) in [6.07, 6.45) is 10.5. The maximum atomic E-state index is 12.6. The number of esters is 2. The van der Waals surface area contributed by atoms with Gasteiger partial charge in [-0.25, -0.2) is 9.59 Å². The van der Waals surface area contributed by atoms with Crippen molar-refractivity contribution in [2.45, 2.75) is 65.2 Å². The van der Waals surface area contributed by atoms with E-state index in [1.165, 1.54) is 19.3 Å². The van der Waals surface area contributed by atoms with Gasteiger partial charge in [-0.15, -0.1) is 0 Å². The zero-order chi connectivity index (χ0) is 29.3. The highest BCUT2D eigenvalue weighted by atomic mass is 16.5. The van der Waals surface area contributed by atoms with Gasteiger partial charge in [0.05, 0.1) is 37.3 Å². The Kier molecular flexibility index (Phi) is 13.4. The SMILES string of the molecule is C=C(C)C(=O)OCCCCCCCCCCOc1ccc(C(=O)Oc2ccc(-c3ccc(OCC)cn3)cc2)cc1. The first kappa shape index (κ1) is 31.4. The fourth-order valence-corrected chi connectivity index (χ4v) is 4.09. The van der Waals surface area contributed by atoms with Crippen molar-refractivity contribution in [3.05, 3.63) is 84.6 Å². The zero-order valence-electron chi connectivity index (χ0n) is 24.2. The molecule has 0 saturated carbocycles. The minimum atomic E-state index is -0.420. The van der Waals surface area contributed by atoms with Crippen molar-refractivity contribution in [3.8, 4) is 28.5 Å². The lowest BCUT2D eigenvalue weighted by molar-refractivity contribution is -0.139. The highest BCUT2D eigenvalue weighted by Crippen LogP contribution is 2.23. The fraction of sp³-hybridized carbons (Fsp3) is 0.382. The summed E-state index contributed by atoms with van der Waals surface area (Å²) in [5, 5.41) is 0. The van der Waals surface area contributed by atoms with Crippen LogP contribution >= 0.6 is 0 Å². The smallest absolute Gasteiger partial charge is 0.343 e. The van der Waals surface area contributed by atoms with Crippen molar-refractivity contribution in [1.29, 1.82) is 0 Å². The number of nitrogens with zero attached hydrogens (tertiary/aromatic N) is 1. The molecule has 3 rings (SSSR count). The Labute approximate surface area is 243 Å². The molecule has 0 aliphatic rings. The van der Waals surface area contributed by atoms with Gasteiger partial charge in [-0.2, -0.15) is 0 Å². The lowest BCUT2D eigenvalue weighted by Gasteiger charge is -2.08. The number of unbranched alkanes of at least 4 members (excludes halogenated alkanes) is 7. The molecular weight excluding hydrogens is 518 g/mol. The number of carbonyl (C=O) groups excluding carboxylic acids is 2. The van der Waals surface area contributed by atoms with E-state index in [0.29, 0.717) is 36.7 Å². The van der Waals surface area contributed by atoms with E-state index >= 15 is 0 Å². The Bertz CT molecular complexity index is 1220. The molecule has 0 radical (unpaired) electrons. The van der Waals surface area contributed by atoms with Crippen molar-refractivity contribution < 1.29 is 28.5 Å². The highest BCUT2D eigenvalue weighted by Gasteiger charge is 2.10. The highest BCUT2D eigenvalue weighted by molar-refractivity contribution is 5.91. The molecule has 3 aromatic rings. The zero-order valence-corrected chi connectivity index (χ0v) is 24.2. The molecule has 41 heavy (non-hydrogen) atoms. The topological polar surface area (TPSA) is 84.0 Å². The molecular formula is C34H41NO6. The summed E-state index contributed by atoms with van der Waals surface area (Å²) in [6.45, 7) is 8.89. The number of aromatic nitrogens is 1. The maximum absolute atomic E-state index is 12.6. The Balaban J connectivity index is 1.27. The molecule has 0 aliphatic heterocycles. The van der Waals surface area contributed by atoms with Crippen molar-refractivity contribution in [2.24, 2.45) is 0 Å². The summed E-state index contributed by atoms with van der Waals surface area (Å²) in [7, 11) is 0. The first-order chi connectivity index (χ1) is 20.0. The van der Waals surface area contributed by atoms with Crippen LogP contribution in [0.4, 0.5) is 0 Å². The Morgan fingerprint density at radius 1 is 0.707 bits per heavy atom. The van der Waals surface area contributed by atoms with E-state index in [1.54, 1.807) is 49.5 Å². The molecule has 1 heterocycles. The van der Waals surface area contributed by atoms with Crippen molar-refractivity contribution >= 4 is 11.9 Å². The minimum Gasteiger partial charge on any atom is -0.494 e. The van der Waals surface area contributed by atoms with Crippen LogP contribution in [-0.4, -0.2) is 36.7 Å². The van der Waals surface area contributed by atoms with Gasteiger partial charge in [0.15, 0.2) is 0 Å². The molecule has 0 amide bonds. The van der Waals surface area contributed by atoms with Gasteiger partial charge >= 0.3 is 11.9 Å². The van der Waals surface area contributed by atoms with Gasteiger partial charge in [0.1, 0.15) is 17.2 Å².